The van der Waals surface area contributed by atoms with Gasteiger partial charge in [0.05, 0.1) is 5.92 Å². The molecule has 2 aromatic carbocycles. The Morgan fingerprint density at radius 1 is 0.964 bits per heavy atom. The summed E-state index contributed by atoms with van der Waals surface area (Å²) in [6, 6.07) is 20.9. The van der Waals surface area contributed by atoms with Crippen LogP contribution < -0.4 is 5.56 Å². The van der Waals surface area contributed by atoms with E-state index in [-0.39, 0.29) is 17.8 Å². The first kappa shape index (κ1) is 17.6. The summed E-state index contributed by atoms with van der Waals surface area (Å²) >= 11 is 0. The van der Waals surface area contributed by atoms with E-state index < -0.39 is 5.92 Å². The second-order valence-electron chi connectivity index (χ2n) is 6.41. The first-order valence-corrected chi connectivity index (χ1v) is 8.93. The van der Waals surface area contributed by atoms with Crippen molar-refractivity contribution in [2.24, 2.45) is 0 Å². The number of hydrogen-bond acceptors (Lipinski definition) is 4. The highest BCUT2D eigenvalue weighted by Crippen LogP contribution is 2.26. The van der Waals surface area contributed by atoms with Crippen molar-refractivity contribution in [3.8, 4) is 5.95 Å². The molecule has 0 aliphatic carbocycles. The predicted octanol–water partition coefficient (Wildman–Crippen LogP) is 2.90. The van der Waals surface area contributed by atoms with E-state index in [0.717, 1.165) is 11.1 Å². The summed E-state index contributed by atoms with van der Waals surface area (Å²) in [5.41, 5.74) is 1.79. The summed E-state index contributed by atoms with van der Waals surface area (Å²) in [5.74, 6) is -0.182. The number of carbonyl (C=O) groups is 1. The number of benzene rings is 2. The van der Waals surface area contributed by atoms with Gasteiger partial charge in [-0.3, -0.25) is 14.6 Å². The van der Waals surface area contributed by atoms with Crippen LogP contribution in [-0.2, 0) is 11.2 Å². The van der Waals surface area contributed by atoms with E-state index in [0.29, 0.717) is 11.5 Å². The second kappa shape index (κ2) is 7.84. The molecule has 0 atom stereocenters. The minimum absolute atomic E-state index is 0.00379. The van der Waals surface area contributed by atoms with Crippen molar-refractivity contribution in [1.29, 1.82) is 0 Å². The summed E-state index contributed by atoms with van der Waals surface area (Å²) in [6.07, 6.45) is 4.72. The fraction of sp³-hybridized carbons (Fsp3) is 0.0909. The number of nitrogens with zero attached hydrogens (tertiary/aromatic N) is 3. The minimum atomic E-state index is -0.437. The number of ketones is 1. The Morgan fingerprint density at radius 3 is 2.14 bits per heavy atom. The van der Waals surface area contributed by atoms with Gasteiger partial charge in [-0.2, -0.15) is 5.10 Å². The Balaban J connectivity index is 1.64. The molecule has 0 unspecified atom stereocenters. The molecule has 0 aliphatic heterocycles. The molecule has 6 heteroatoms. The zero-order chi connectivity index (χ0) is 19.3. The van der Waals surface area contributed by atoms with Crippen molar-refractivity contribution in [3.63, 3.8) is 0 Å². The molecular formula is C22H18N4O2. The van der Waals surface area contributed by atoms with Gasteiger partial charge >= 0.3 is 0 Å². The topological polar surface area (TPSA) is 80.6 Å². The van der Waals surface area contributed by atoms with Gasteiger partial charge in [0, 0.05) is 30.6 Å². The van der Waals surface area contributed by atoms with Gasteiger partial charge in [0.2, 0.25) is 5.95 Å². The summed E-state index contributed by atoms with van der Waals surface area (Å²) in [4.78, 5) is 32.6. The number of aromatic nitrogens is 4. The molecule has 138 valence electrons. The van der Waals surface area contributed by atoms with Gasteiger partial charge in [-0.05, 0) is 17.2 Å². The molecule has 4 aromatic rings. The molecule has 0 saturated carbocycles. The second-order valence-corrected chi connectivity index (χ2v) is 6.41. The zero-order valence-corrected chi connectivity index (χ0v) is 15.0. The van der Waals surface area contributed by atoms with Crippen LogP contribution in [-0.4, -0.2) is 25.5 Å². The molecule has 1 N–H and O–H groups in total. The van der Waals surface area contributed by atoms with E-state index in [2.05, 4.69) is 15.1 Å². The Kier molecular flexibility index (Phi) is 4.93. The lowest BCUT2D eigenvalue weighted by Crippen LogP contribution is -2.23. The standard InChI is InChI=1S/C22H18N4O2/c27-19(14-18-15-23-22(25-21(18)28)26-13-7-12-24-26)20(16-8-3-1-4-9-16)17-10-5-2-6-11-17/h1-13,15,20H,14H2,(H,23,25,28). The largest absolute Gasteiger partial charge is 0.298 e. The summed E-state index contributed by atoms with van der Waals surface area (Å²) < 4.78 is 1.46. The maximum Gasteiger partial charge on any atom is 0.255 e. The number of aromatic amines is 1. The fourth-order valence-electron chi connectivity index (χ4n) is 3.19. The molecule has 0 aliphatic rings. The van der Waals surface area contributed by atoms with Crippen LogP contribution in [0.1, 0.15) is 22.6 Å². The minimum Gasteiger partial charge on any atom is -0.298 e. The van der Waals surface area contributed by atoms with E-state index in [1.54, 1.807) is 18.5 Å². The lowest BCUT2D eigenvalue weighted by atomic mass is 9.85. The van der Waals surface area contributed by atoms with Crippen LogP contribution >= 0.6 is 0 Å². The zero-order valence-electron chi connectivity index (χ0n) is 15.0. The highest BCUT2D eigenvalue weighted by atomic mass is 16.1. The van der Waals surface area contributed by atoms with Crippen LogP contribution in [0.25, 0.3) is 5.95 Å². The molecule has 2 heterocycles. The molecular weight excluding hydrogens is 352 g/mol. The van der Waals surface area contributed by atoms with Crippen LogP contribution in [0, 0.1) is 0 Å². The first-order valence-electron chi connectivity index (χ1n) is 8.93. The molecule has 0 spiro atoms. The lowest BCUT2D eigenvalue weighted by Gasteiger charge is -2.17. The van der Waals surface area contributed by atoms with Crippen molar-refractivity contribution < 1.29 is 4.79 Å². The number of Topliss-reactive ketones (excluding diaryl/α,β-unsaturated/α-hetero) is 1. The molecule has 0 bridgehead atoms. The smallest absolute Gasteiger partial charge is 0.255 e. The van der Waals surface area contributed by atoms with Gasteiger partial charge in [0.15, 0.2) is 0 Å². The van der Waals surface area contributed by atoms with E-state index >= 15 is 0 Å². The van der Waals surface area contributed by atoms with Crippen molar-refractivity contribution in [1.82, 2.24) is 19.7 Å². The maximum absolute atomic E-state index is 13.2. The SMILES string of the molecule is O=C(Cc1cnc(-n2cccn2)[nH]c1=O)C(c1ccccc1)c1ccccc1. The lowest BCUT2D eigenvalue weighted by molar-refractivity contribution is -0.119. The monoisotopic (exact) mass is 370 g/mol. The van der Waals surface area contributed by atoms with E-state index in [9.17, 15) is 9.59 Å². The third-order valence-corrected chi connectivity index (χ3v) is 4.53. The predicted molar refractivity (Wildman–Crippen MR) is 105 cm³/mol. The highest BCUT2D eigenvalue weighted by Gasteiger charge is 2.23. The van der Waals surface area contributed by atoms with Crippen molar-refractivity contribution in [3.05, 3.63) is 112 Å². The first-order chi connectivity index (χ1) is 13.7. The number of H-pyrrole nitrogens is 1. The van der Waals surface area contributed by atoms with Gasteiger partial charge in [-0.25, -0.2) is 9.67 Å². The summed E-state index contributed by atoms with van der Waals surface area (Å²) in [7, 11) is 0. The third-order valence-electron chi connectivity index (χ3n) is 4.53. The fourth-order valence-corrected chi connectivity index (χ4v) is 3.19. The summed E-state index contributed by atoms with van der Waals surface area (Å²) in [6.45, 7) is 0. The van der Waals surface area contributed by atoms with Crippen molar-refractivity contribution in [2.45, 2.75) is 12.3 Å². The van der Waals surface area contributed by atoms with Crippen LogP contribution in [0.5, 0.6) is 0 Å². The van der Waals surface area contributed by atoms with Gasteiger partial charge in [0.25, 0.3) is 5.56 Å². The van der Waals surface area contributed by atoms with E-state index in [4.69, 9.17) is 0 Å². The number of carbonyl (C=O) groups excluding carboxylic acids is 1. The van der Waals surface area contributed by atoms with Gasteiger partial charge < -0.3 is 0 Å². The van der Waals surface area contributed by atoms with Crippen LogP contribution in [0.3, 0.4) is 0 Å². The Morgan fingerprint density at radius 2 is 1.61 bits per heavy atom. The molecule has 28 heavy (non-hydrogen) atoms. The molecule has 0 saturated heterocycles. The Hall–Kier alpha value is -3.80. The summed E-state index contributed by atoms with van der Waals surface area (Å²) in [5, 5.41) is 4.04. The molecule has 6 nitrogen and oxygen atoms in total. The average molecular weight is 370 g/mol. The van der Waals surface area contributed by atoms with Crippen LogP contribution in [0.2, 0.25) is 0 Å². The Bertz CT molecular complexity index is 1080. The highest BCUT2D eigenvalue weighted by molar-refractivity contribution is 5.90. The van der Waals surface area contributed by atoms with Crippen molar-refractivity contribution in [2.75, 3.05) is 0 Å². The number of rotatable bonds is 6. The molecule has 2 aromatic heterocycles. The van der Waals surface area contributed by atoms with Crippen LogP contribution in [0.4, 0.5) is 0 Å². The van der Waals surface area contributed by atoms with E-state index in [1.807, 2.05) is 60.7 Å². The number of nitrogens with one attached hydrogen (secondary N) is 1. The van der Waals surface area contributed by atoms with Gasteiger partial charge in [-0.1, -0.05) is 60.7 Å². The quantitative estimate of drug-likeness (QED) is 0.566. The maximum atomic E-state index is 13.2. The van der Waals surface area contributed by atoms with Gasteiger partial charge in [0.1, 0.15) is 5.78 Å². The third kappa shape index (κ3) is 3.66. The average Bonchev–Trinajstić information content (AvgIpc) is 3.26. The molecule has 0 amide bonds. The molecule has 0 fully saturated rings. The van der Waals surface area contributed by atoms with Crippen LogP contribution in [0.15, 0.2) is 90.1 Å². The Labute approximate surface area is 161 Å². The number of hydrogen-bond donors (Lipinski definition) is 1. The molecule has 0 radical (unpaired) electrons. The van der Waals surface area contributed by atoms with Gasteiger partial charge in [-0.15, -0.1) is 0 Å². The van der Waals surface area contributed by atoms with E-state index in [1.165, 1.54) is 10.9 Å². The molecule has 4 rings (SSSR count). The normalized spacial score (nSPS) is 10.9. The van der Waals surface area contributed by atoms with Crippen molar-refractivity contribution >= 4 is 5.78 Å².